The molecule has 4 heteroatoms. The van der Waals surface area contributed by atoms with E-state index in [1.807, 2.05) is 0 Å². The molecule has 1 rings (SSSR count). The minimum absolute atomic E-state index is 0.232. The van der Waals surface area contributed by atoms with Crippen molar-refractivity contribution < 1.29 is 8.42 Å². The van der Waals surface area contributed by atoms with Crippen LogP contribution in [0.1, 0.15) is 46.5 Å². The van der Waals surface area contributed by atoms with Gasteiger partial charge in [-0.2, -0.15) is 4.31 Å². The van der Waals surface area contributed by atoms with Crippen molar-refractivity contribution in [2.24, 2.45) is 5.92 Å². The predicted octanol–water partition coefficient (Wildman–Crippen LogP) is 2.24. The third-order valence-electron chi connectivity index (χ3n) is 3.00. The molecule has 1 fully saturated rings. The van der Waals surface area contributed by atoms with Crippen LogP contribution in [0.15, 0.2) is 0 Å². The van der Waals surface area contributed by atoms with Crippen LogP contribution >= 0.6 is 0 Å². The molecular formula is C11H23NO2S. The molecule has 0 aliphatic heterocycles. The van der Waals surface area contributed by atoms with Gasteiger partial charge >= 0.3 is 0 Å². The van der Waals surface area contributed by atoms with Crippen molar-refractivity contribution >= 4 is 10.0 Å². The number of rotatable bonds is 5. The summed E-state index contributed by atoms with van der Waals surface area (Å²) in [4.78, 5) is 0. The fraction of sp³-hybridized carbons (Fsp3) is 1.00. The van der Waals surface area contributed by atoms with Gasteiger partial charge in [-0.1, -0.05) is 26.7 Å². The maximum absolute atomic E-state index is 11.9. The molecule has 0 N–H and O–H groups in total. The molecule has 0 aromatic carbocycles. The summed E-state index contributed by atoms with van der Waals surface area (Å²) in [5.41, 5.74) is 0. The summed E-state index contributed by atoms with van der Waals surface area (Å²) in [5, 5.41) is 0. The second-order valence-corrected chi connectivity index (χ2v) is 7.01. The van der Waals surface area contributed by atoms with Crippen LogP contribution in [0.25, 0.3) is 0 Å². The molecule has 3 nitrogen and oxygen atoms in total. The average Bonchev–Trinajstić information content (AvgIpc) is 2.66. The van der Waals surface area contributed by atoms with Gasteiger partial charge in [0.05, 0.1) is 5.75 Å². The lowest BCUT2D eigenvalue weighted by Gasteiger charge is -2.29. The van der Waals surface area contributed by atoms with Gasteiger partial charge in [0.2, 0.25) is 10.0 Å². The average molecular weight is 233 g/mol. The number of nitrogens with zero attached hydrogens (tertiary/aromatic N) is 1. The number of hydrogen-bond donors (Lipinski definition) is 0. The van der Waals surface area contributed by atoms with Gasteiger partial charge in [0.15, 0.2) is 0 Å². The third kappa shape index (κ3) is 3.45. The molecule has 90 valence electrons. The Morgan fingerprint density at radius 3 is 2.20 bits per heavy atom. The molecule has 15 heavy (non-hydrogen) atoms. The van der Waals surface area contributed by atoms with E-state index in [2.05, 4.69) is 13.8 Å². The van der Waals surface area contributed by atoms with E-state index >= 15 is 0 Å². The van der Waals surface area contributed by atoms with Crippen molar-refractivity contribution in [2.45, 2.75) is 52.5 Å². The lowest BCUT2D eigenvalue weighted by molar-refractivity contribution is 0.293. The molecule has 0 radical (unpaired) electrons. The van der Waals surface area contributed by atoms with Gasteiger partial charge in [-0.15, -0.1) is 0 Å². The fourth-order valence-corrected chi connectivity index (χ4v) is 3.73. The van der Waals surface area contributed by atoms with Crippen molar-refractivity contribution in [1.29, 1.82) is 0 Å². The molecule has 1 aliphatic rings. The van der Waals surface area contributed by atoms with Gasteiger partial charge < -0.3 is 0 Å². The van der Waals surface area contributed by atoms with Crippen LogP contribution in [0.5, 0.6) is 0 Å². The fourth-order valence-electron chi connectivity index (χ4n) is 2.21. The number of sulfonamides is 1. The Morgan fingerprint density at radius 2 is 1.80 bits per heavy atom. The van der Waals surface area contributed by atoms with E-state index in [4.69, 9.17) is 0 Å². The molecule has 0 saturated heterocycles. The molecule has 0 amide bonds. The van der Waals surface area contributed by atoms with E-state index in [1.165, 1.54) is 12.8 Å². The Bertz CT molecular complexity index is 279. The highest BCUT2D eigenvalue weighted by atomic mass is 32.2. The van der Waals surface area contributed by atoms with Crippen molar-refractivity contribution in [2.75, 3.05) is 12.3 Å². The second-order valence-electron chi connectivity index (χ2n) is 4.80. The monoisotopic (exact) mass is 233 g/mol. The highest BCUT2D eigenvalue weighted by Crippen LogP contribution is 2.26. The first-order valence-electron chi connectivity index (χ1n) is 5.97. The summed E-state index contributed by atoms with van der Waals surface area (Å²) >= 11 is 0. The second kappa shape index (κ2) is 5.30. The largest absolute Gasteiger partial charge is 0.214 e. The lowest BCUT2D eigenvalue weighted by atomic mass is 10.2. The topological polar surface area (TPSA) is 37.4 Å². The van der Waals surface area contributed by atoms with Gasteiger partial charge in [0.25, 0.3) is 0 Å². The molecule has 0 aromatic heterocycles. The highest BCUT2D eigenvalue weighted by Gasteiger charge is 2.30. The molecule has 1 saturated carbocycles. The Hall–Kier alpha value is -0.0900. The van der Waals surface area contributed by atoms with E-state index in [0.29, 0.717) is 12.5 Å². The van der Waals surface area contributed by atoms with Crippen LogP contribution in [0.4, 0.5) is 0 Å². The van der Waals surface area contributed by atoms with Crippen LogP contribution in [-0.2, 0) is 10.0 Å². The van der Waals surface area contributed by atoms with E-state index in [1.54, 1.807) is 11.2 Å². The molecule has 0 aromatic rings. The Labute approximate surface area is 93.9 Å². The summed E-state index contributed by atoms with van der Waals surface area (Å²) < 4.78 is 25.7. The molecular weight excluding hydrogens is 210 g/mol. The molecule has 1 aliphatic carbocycles. The minimum atomic E-state index is -3.01. The first-order chi connectivity index (χ1) is 6.97. The quantitative estimate of drug-likeness (QED) is 0.730. The summed E-state index contributed by atoms with van der Waals surface area (Å²) in [5.74, 6) is 0.642. The summed E-state index contributed by atoms with van der Waals surface area (Å²) in [6, 6.07) is 0.275. The third-order valence-corrected chi connectivity index (χ3v) is 4.89. The Morgan fingerprint density at radius 1 is 1.27 bits per heavy atom. The van der Waals surface area contributed by atoms with Crippen LogP contribution in [0.2, 0.25) is 0 Å². The first kappa shape index (κ1) is 13.0. The van der Waals surface area contributed by atoms with Crippen molar-refractivity contribution in [3.05, 3.63) is 0 Å². The summed E-state index contributed by atoms with van der Waals surface area (Å²) in [6.07, 6.45) is 4.45. The van der Waals surface area contributed by atoms with Crippen LogP contribution in [0, 0.1) is 5.92 Å². The maximum Gasteiger partial charge on any atom is 0.214 e. The van der Waals surface area contributed by atoms with Crippen molar-refractivity contribution in [1.82, 2.24) is 4.31 Å². The summed E-state index contributed by atoms with van der Waals surface area (Å²) in [7, 11) is -3.01. The molecule has 0 unspecified atom stereocenters. The van der Waals surface area contributed by atoms with Gasteiger partial charge in [0, 0.05) is 12.6 Å². The van der Waals surface area contributed by atoms with E-state index in [9.17, 15) is 8.42 Å². The molecule has 0 bridgehead atoms. The first-order valence-corrected chi connectivity index (χ1v) is 7.57. The zero-order chi connectivity index (χ0) is 11.5. The van der Waals surface area contributed by atoms with Crippen molar-refractivity contribution in [3.8, 4) is 0 Å². The van der Waals surface area contributed by atoms with Gasteiger partial charge in [-0.3, -0.25) is 0 Å². The zero-order valence-electron chi connectivity index (χ0n) is 10.1. The van der Waals surface area contributed by atoms with Crippen molar-refractivity contribution in [3.63, 3.8) is 0 Å². The SMILES string of the molecule is CCS(=O)(=O)N(CC(C)C)C1CCCC1. The van der Waals surface area contributed by atoms with E-state index in [0.717, 1.165) is 12.8 Å². The maximum atomic E-state index is 11.9. The zero-order valence-corrected chi connectivity index (χ0v) is 10.9. The Kier molecular flexibility index (Phi) is 4.59. The van der Waals surface area contributed by atoms with Gasteiger partial charge in [0.1, 0.15) is 0 Å². The van der Waals surface area contributed by atoms with Crippen LogP contribution < -0.4 is 0 Å². The van der Waals surface area contributed by atoms with E-state index < -0.39 is 10.0 Å². The lowest BCUT2D eigenvalue weighted by Crippen LogP contribution is -2.41. The summed E-state index contributed by atoms with van der Waals surface area (Å²) in [6.45, 7) is 6.57. The highest BCUT2D eigenvalue weighted by molar-refractivity contribution is 7.89. The Balaban J connectivity index is 2.77. The van der Waals surface area contributed by atoms with E-state index in [-0.39, 0.29) is 11.8 Å². The minimum Gasteiger partial charge on any atom is -0.212 e. The standard InChI is InChI=1S/C11H23NO2S/c1-4-15(13,14)12(9-10(2)3)11-7-5-6-8-11/h10-11H,4-9H2,1-3H3. The number of hydrogen-bond acceptors (Lipinski definition) is 2. The molecule has 0 heterocycles. The molecule has 0 atom stereocenters. The smallest absolute Gasteiger partial charge is 0.212 e. The molecule has 0 spiro atoms. The van der Waals surface area contributed by atoms with Crippen LogP contribution in [-0.4, -0.2) is 31.1 Å². The van der Waals surface area contributed by atoms with Crippen LogP contribution in [0.3, 0.4) is 0 Å². The predicted molar refractivity (Wildman–Crippen MR) is 63.3 cm³/mol. The normalized spacial score (nSPS) is 19.3. The van der Waals surface area contributed by atoms with Gasteiger partial charge in [-0.05, 0) is 25.7 Å². The van der Waals surface area contributed by atoms with Gasteiger partial charge in [-0.25, -0.2) is 8.42 Å².